The number of ether oxygens (including phenoxy) is 1. The van der Waals surface area contributed by atoms with Crippen molar-refractivity contribution in [3.8, 4) is 0 Å². The van der Waals surface area contributed by atoms with Crippen LogP contribution in [0.2, 0.25) is 0 Å². The highest BCUT2D eigenvalue weighted by Crippen LogP contribution is 2.22. The molecule has 0 spiro atoms. The van der Waals surface area contributed by atoms with Gasteiger partial charge in [-0.3, -0.25) is 0 Å². The summed E-state index contributed by atoms with van der Waals surface area (Å²) < 4.78 is 4.93. The van der Waals surface area contributed by atoms with E-state index in [0.717, 1.165) is 11.4 Å². The van der Waals surface area contributed by atoms with E-state index in [2.05, 4.69) is 10.3 Å². The predicted molar refractivity (Wildman–Crippen MR) is 52.0 cm³/mol. The van der Waals surface area contributed by atoms with E-state index >= 15 is 0 Å². The highest BCUT2D eigenvalue weighted by molar-refractivity contribution is 5.81. The van der Waals surface area contributed by atoms with Gasteiger partial charge >= 0.3 is 5.97 Å². The summed E-state index contributed by atoms with van der Waals surface area (Å²) in [7, 11) is 0. The van der Waals surface area contributed by atoms with Crippen molar-refractivity contribution in [1.29, 1.82) is 0 Å². The number of esters is 1. The molecule has 74 valence electrons. The standard InChI is InChI=1S/C10H12N2O2/c1-2-14-10(13)8-6-7-4-3-5-11-9(7)12-8/h3-5,8H,2,6H2,1H3,(H,11,12). The predicted octanol–water partition coefficient (Wildman–Crippen LogP) is 0.981. The molecule has 1 atom stereocenters. The Bertz CT molecular complexity index is 327. The zero-order valence-electron chi connectivity index (χ0n) is 7.99. The molecule has 1 unspecified atom stereocenters. The Morgan fingerprint density at radius 1 is 1.79 bits per heavy atom. The minimum atomic E-state index is -0.264. The van der Waals surface area contributed by atoms with Crippen molar-refractivity contribution in [2.24, 2.45) is 0 Å². The highest BCUT2D eigenvalue weighted by Gasteiger charge is 2.28. The van der Waals surface area contributed by atoms with Crippen LogP contribution in [0.3, 0.4) is 0 Å². The number of nitrogens with one attached hydrogen (secondary N) is 1. The summed E-state index contributed by atoms with van der Waals surface area (Å²) in [6.07, 6.45) is 2.38. The molecule has 0 saturated heterocycles. The minimum absolute atomic E-state index is 0.203. The van der Waals surface area contributed by atoms with E-state index in [0.29, 0.717) is 13.0 Å². The number of fused-ring (bicyclic) bond motifs is 1. The molecule has 4 nitrogen and oxygen atoms in total. The highest BCUT2D eigenvalue weighted by atomic mass is 16.5. The zero-order valence-corrected chi connectivity index (χ0v) is 7.99. The van der Waals surface area contributed by atoms with Gasteiger partial charge in [0.1, 0.15) is 11.9 Å². The number of carbonyl (C=O) groups is 1. The molecule has 1 aromatic rings. The van der Waals surface area contributed by atoms with Crippen LogP contribution in [0, 0.1) is 0 Å². The van der Waals surface area contributed by atoms with Crippen LogP contribution in [0.15, 0.2) is 18.3 Å². The van der Waals surface area contributed by atoms with Crippen molar-refractivity contribution in [3.63, 3.8) is 0 Å². The Labute approximate surface area is 82.3 Å². The molecule has 2 rings (SSSR count). The van der Waals surface area contributed by atoms with E-state index < -0.39 is 0 Å². The third-order valence-electron chi connectivity index (χ3n) is 2.20. The van der Waals surface area contributed by atoms with Gasteiger partial charge in [0.05, 0.1) is 6.61 Å². The largest absolute Gasteiger partial charge is 0.464 e. The topological polar surface area (TPSA) is 51.2 Å². The van der Waals surface area contributed by atoms with E-state index in [1.165, 1.54) is 0 Å². The number of hydrogen-bond acceptors (Lipinski definition) is 4. The average Bonchev–Trinajstić information content (AvgIpc) is 2.61. The molecule has 0 bridgehead atoms. The summed E-state index contributed by atoms with van der Waals surface area (Å²) >= 11 is 0. The van der Waals surface area contributed by atoms with Gasteiger partial charge in [-0.2, -0.15) is 0 Å². The molecular formula is C10H12N2O2. The van der Waals surface area contributed by atoms with Crippen LogP contribution in [0.25, 0.3) is 0 Å². The second-order valence-electron chi connectivity index (χ2n) is 3.16. The first kappa shape index (κ1) is 8.99. The van der Waals surface area contributed by atoms with Crippen LogP contribution in [-0.2, 0) is 16.0 Å². The third kappa shape index (κ3) is 1.55. The summed E-state index contributed by atoms with van der Waals surface area (Å²) in [5.74, 6) is 0.594. The van der Waals surface area contributed by atoms with E-state index in [1.807, 2.05) is 12.1 Å². The molecule has 0 radical (unpaired) electrons. The Morgan fingerprint density at radius 2 is 2.64 bits per heavy atom. The molecular weight excluding hydrogens is 180 g/mol. The molecule has 0 aliphatic carbocycles. The second-order valence-corrected chi connectivity index (χ2v) is 3.16. The lowest BCUT2D eigenvalue weighted by Gasteiger charge is -2.08. The SMILES string of the molecule is CCOC(=O)C1Cc2cccnc2N1. The monoisotopic (exact) mass is 192 g/mol. The van der Waals surface area contributed by atoms with Gasteiger partial charge in [-0.25, -0.2) is 9.78 Å². The molecule has 1 aliphatic rings. The van der Waals surface area contributed by atoms with Gasteiger partial charge < -0.3 is 10.1 Å². The van der Waals surface area contributed by atoms with E-state index in [9.17, 15) is 4.79 Å². The lowest BCUT2D eigenvalue weighted by atomic mass is 10.1. The molecule has 2 heterocycles. The van der Waals surface area contributed by atoms with Crippen molar-refractivity contribution in [1.82, 2.24) is 4.98 Å². The first-order valence-electron chi connectivity index (χ1n) is 4.68. The quantitative estimate of drug-likeness (QED) is 0.710. The fourth-order valence-corrected chi connectivity index (χ4v) is 1.55. The number of carbonyl (C=O) groups excluding carboxylic acids is 1. The zero-order chi connectivity index (χ0) is 9.97. The molecule has 1 aromatic heterocycles. The summed E-state index contributed by atoms with van der Waals surface area (Å²) in [6, 6.07) is 3.57. The number of aromatic nitrogens is 1. The Kier molecular flexibility index (Phi) is 2.35. The third-order valence-corrected chi connectivity index (χ3v) is 2.20. The molecule has 0 amide bonds. The molecule has 14 heavy (non-hydrogen) atoms. The van der Waals surface area contributed by atoms with Crippen molar-refractivity contribution in [3.05, 3.63) is 23.9 Å². The summed E-state index contributed by atoms with van der Waals surface area (Å²) in [5.41, 5.74) is 1.07. The molecule has 0 aromatic carbocycles. The van der Waals surface area contributed by atoms with Gasteiger partial charge in [0.15, 0.2) is 0 Å². The van der Waals surface area contributed by atoms with Crippen molar-refractivity contribution >= 4 is 11.8 Å². The van der Waals surface area contributed by atoms with Gasteiger partial charge in [0, 0.05) is 12.6 Å². The maximum absolute atomic E-state index is 11.4. The van der Waals surface area contributed by atoms with E-state index in [1.54, 1.807) is 13.1 Å². The Morgan fingerprint density at radius 3 is 3.36 bits per heavy atom. The van der Waals surface area contributed by atoms with Crippen LogP contribution >= 0.6 is 0 Å². The van der Waals surface area contributed by atoms with Crippen LogP contribution in [0.5, 0.6) is 0 Å². The van der Waals surface area contributed by atoms with Crippen LogP contribution in [0.1, 0.15) is 12.5 Å². The van der Waals surface area contributed by atoms with Crippen LogP contribution < -0.4 is 5.32 Å². The number of pyridine rings is 1. The van der Waals surface area contributed by atoms with Crippen molar-refractivity contribution in [2.75, 3.05) is 11.9 Å². The average molecular weight is 192 g/mol. The van der Waals surface area contributed by atoms with E-state index in [-0.39, 0.29) is 12.0 Å². The van der Waals surface area contributed by atoms with Gasteiger partial charge in [-0.05, 0) is 18.6 Å². The first-order valence-corrected chi connectivity index (χ1v) is 4.68. The molecule has 0 saturated carbocycles. The van der Waals surface area contributed by atoms with Crippen molar-refractivity contribution in [2.45, 2.75) is 19.4 Å². The summed E-state index contributed by atoms with van der Waals surface area (Å²) in [5, 5.41) is 3.03. The van der Waals surface area contributed by atoms with Crippen molar-refractivity contribution < 1.29 is 9.53 Å². The fraction of sp³-hybridized carbons (Fsp3) is 0.400. The van der Waals surface area contributed by atoms with Gasteiger partial charge in [-0.1, -0.05) is 6.07 Å². The number of hydrogen-bond donors (Lipinski definition) is 1. The summed E-state index contributed by atoms with van der Waals surface area (Å²) in [6.45, 7) is 2.22. The Hall–Kier alpha value is -1.58. The normalized spacial score (nSPS) is 18.5. The lowest BCUT2D eigenvalue weighted by molar-refractivity contribution is -0.143. The van der Waals surface area contributed by atoms with E-state index in [4.69, 9.17) is 4.74 Å². The van der Waals surface area contributed by atoms with Crippen LogP contribution in [-0.4, -0.2) is 23.6 Å². The van der Waals surface area contributed by atoms with Crippen LogP contribution in [0.4, 0.5) is 5.82 Å². The van der Waals surface area contributed by atoms with Gasteiger partial charge in [-0.15, -0.1) is 0 Å². The maximum atomic E-state index is 11.4. The smallest absolute Gasteiger partial charge is 0.328 e. The molecule has 0 fully saturated rings. The van der Waals surface area contributed by atoms with Gasteiger partial charge in [0.2, 0.25) is 0 Å². The van der Waals surface area contributed by atoms with Gasteiger partial charge in [0.25, 0.3) is 0 Å². The second kappa shape index (κ2) is 3.65. The number of rotatable bonds is 2. The number of nitrogens with zero attached hydrogens (tertiary/aromatic N) is 1. The lowest BCUT2D eigenvalue weighted by Crippen LogP contribution is -2.29. The summed E-state index contributed by atoms with van der Waals surface area (Å²) in [4.78, 5) is 15.5. The fourth-order valence-electron chi connectivity index (χ4n) is 1.55. The molecule has 1 aliphatic heterocycles. The Balaban J connectivity index is 2.08. The molecule has 4 heteroatoms. The first-order chi connectivity index (χ1) is 6.81. The number of anilines is 1. The minimum Gasteiger partial charge on any atom is -0.464 e. The molecule has 1 N–H and O–H groups in total. The maximum Gasteiger partial charge on any atom is 0.328 e.